The molecule has 2 aliphatic rings. The summed E-state index contributed by atoms with van der Waals surface area (Å²) in [7, 11) is 0. The number of amides is 2. The molecule has 44 heavy (non-hydrogen) atoms. The van der Waals surface area contributed by atoms with Crippen LogP contribution in [0.5, 0.6) is 0 Å². The molecule has 2 aliphatic heterocycles. The topological polar surface area (TPSA) is 70.2 Å². The van der Waals surface area contributed by atoms with Gasteiger partial charge in [0.25, 0.3) is 5.91 Å². The minimum Gasteiger partial charge on any atom is -0.463 e. The molecule has 1 atom stereocenters. The van der Waals surface area contributed by atoms with Gasteiger partial charge in [-0.2, -0.15) is 0 Å². The number of piperazine rings is 1. The van der Waals surface area contributed by atoms with Gasteiger partial charge >= 0.3 is 5.97 Å². The predicted molar refractivity (Wildman–Crippen MR) is 168 cm³/mol. The van der Waals surface area contributed by atoms with Gasteiger partial charge in [-0.1, -0.05) is 66.7 Å². The summed E-state index contributed by atoms with van der Waals surface area (Å²) in [6.07, 6.45) is 4.33. The number of hydrogen-bond acceptors (Lipinski definition) is 5. The van der Waals surface area contributed by atoms with E-state index < -0.39 is 11.9 Å². The predicted octanol–water partition coefficient (Wildman–Crippen LogP) is 5.65. The number of benzene rings is 3. The van der Waals surface area contributed by atoms with Gasteiger partial charge in [-0.3, -0.25) is 14.5 Å². The Labute approximate surface area is 258 Å². The number of carbonyl (C=O) groups is 3. The fourth-order valence-corrected chi connectivity index (χ4v) is 5.86. The maximum Gasteiger partial charge on any atom is 0.336 e. The van der Waals surface area contributed by atoms with E-state index in [-0.39, 0.29) is 37.2 Å². The van der Waals surface area contributed by atoms with Crippen LogP contribution in [0.4, 0.5) is 4.39 Å². The van der Waals surface area contributed by atoms with Crippen molar-refractivity contribution in [3.8, 4) is 0 Å². The van der Waals surface area contributed by atoms with Crippen LogP contribution in [0.2, 0.25) is 0 Å². The Bertz CT molecular complexity index is 1540. The first-order valence-electron chi connectivity index (χ1n) is 15.1. The lowest BCUT2D eigenvalue weighted by Gasteiger charge is -2.35. The molecule has 0 aliphatic carbocycles. The van der Waals surface area contributed by atoms with Gasteiger partial charge in [0.15, 0.2) is 0 Å². The van der Waals surface area contributed by atoms with Crippen molar-refractivity contribution in [2.24, 2.45) is 0 Å². The Morgan fingerprint density at radius 2 is 1.68 bits per heavy atom. The number of carbonyl (C=O) groups excluding carboxylic acids is 3. The molecule has 3 aromatic carbocycles. The molecule has 0 bridgehead atoms. The van der Waals surface area contributed by atoms with E-state index in [1.54, 1.807) is 36.9 Å². The first-order chi connectivity index (χ1) is 21.3. The van der Waals surface area contributed by atoms with Crippen molar-refractivity contribution < 1.29 is 23.5 Å². The fourth-order valence-electron chi connectivity index (χ4n) is 5.86. The number of rotatable bonds is 9. The van der Waals surface area contributed by atoms with E-state index in [1.807, 2.05) is 41.3 Å². The lowest BCUT2D eigenvalue weighted by molar-refractivity contribution is -0.140. The highest BCUT2D eigenvalue weighted by molar-refractivity contribution is 5.96. The fraction of sp³-hybridized carbons (Fsp3) is 0.306. The SMILES string of the molecule is CCOC(=O)C1=C(C)N(Cc2cccc(C(=O)N3CCN(CC=Cc4ccccc4)CC3)c2)C(=O)CC1c1ccc(F)cc1. The Morgan fingerprint density at radius 1 is 0.955 bits per heavy atom. The second kappa shape index (κ2) is 14.3. The van der Waals surface area contributed by atoms with E-state index in [0.717, 1.165) is 25.2 Å². The molecule has 1 saturated heterocycles. The van der Waals surface area contributed by atoms with Gasteiger partial charge in [0.05, 0.1) is 18.7 Å². The third-order valence-electron chi connectivity index (χ3n) is 8.24. The van der Waals surface area contributed by atoms with Crippen molar-refractivity contribution in [1.82, 2.24) is 14.7 Å². The molecule has 3 aromatic rings. The van der Waals surface area contributed by atoms with Gasteiger partial charge < -0.3 is 14.5 Å². The van der Waals surface area contributed by atoms with Crippen LogP contribution >= 0.6 is 0 Å². The molecule has 2 amide bonds. The Hall–Kier alpha value is -4.56. The molecule has 1 unspecified atom stereocenters. The van der Waals surface area contributed by atoms with E-state index in [4.69, 9.17) is 4.74 Å². The highest BCUT2D eigenvalue weighted by Crippen LogP contribution is 2.38. The summed E-state index contributed by atoms with van der Waals surface area (Å²) in [5, 5.41) is 0. The maximum atomic E-state index is 13.6. The van der Waals surface area contributed by atoms with Gasteiger partial charge in [-0.25, -0.2) is 9.18 Å². The van der Waals surface area contributed by atoms with E-state index >= 15 is 0 Å². The molecule has 0 aromatic heterocycles. The van der Waals surface area contributed by atoms with Gasteiger partial charge in [-0.05, 0) is 54.8 Å². The normalized spacial score (nSPS) is 17.8. The first-order valence-corrected chi connectivity index (χ1v) is 15.1. The van der Waals surface area contributed by atoms with Gasteiger partial charge in [0.1, 0.15) is 5.82 Å². The maximum absolute atomic E-state index is 13.6. The van der Waals surface area contributed by atoms with Crippen LogP contribution in [0.3, 0.4) is 0 Å². The van der Waals surface area contributed by atoms with Crippen LogP contribution in [0.25, 0.3) is 6.08 Å². The minimum absolute atomic E-state index is 0.0350. The molecule has 228 valence electrons. The lowest BCUT2D eigenvalue weighted by atomic mass is 9.83. The summed E-state index contributed by atoms with van der Waals surface area (Å²) in [6, 6.07) is 23.4. The van der Waals surface area contributed by atoms with Crippen molar-refractivity contribution in [3.63, 3.8) is 0 Å². The quantitative estimate of drug-likeness (QED) is 0.299. The van der Waals surface area contributed by atoms with Crippen molar-refractivity contribution in [3.05, 3.63) is 124 Å². The van der Waals surface area contributed by atoms with Crippen molar-refractivity contribution >= 4 is 23.9 Å². The summed E-state index contributed by atoms with van der Waals surface area (Å²) >= 11 is 0. The second-order valence-electron chi connectivity index (χ2n) is 11.1. The second-order valence-corrected chi connectivity index (χ2v) is 11.1. The Balaban J connectivity index is 1.26. The van der Waals surface area contributed by atoms with Crippen molar-refractivity contribution in [1.29, 1.82) is 0 Å². The number of allylic oxidation sites excluding steroid dienone is 1. The zero-order valence-electron chi connectivity index (χ0n) is 25.2. The highest BCUT2D eigenvalue weighted by Gasteiger charge is 2.37. The molecular weight excluding hydrogens is 557 g/mol. The third-order valence-corrected chi connectivity index (χ3v) is 8.24. The van der Waals surface area contributed by atoms with Crippen LogP contribution in [0, 0.1) is 5.82 Å². The average Bonchev–Trinajstić information content (AvgIpc) is 3.04. The zero-order valence-corrected chi connectivity index (χ0v) is 25.2. The van der Waals surface area contributed by atoms with E-state index in [9.17, 15) is 18.8 Å². The average molecular weight is 596 g/mol. The number of esters is 1. The first kappa shape index (κ1) is 30.9. The molecule has 0 spiro atoms. The van der Waals surface area contributed by atoms with Crippen molar-refractivity contribution in [2.45, 2.75) is 32.7 Å². The molecular formula is C36H38FN3O4. The van der Waals surface area contributed by atoms with Crippen LogP contribution in [0.15, 0.2) is 96.2 Å². The molecule has 7 nitrogen and oxygen atoms in total. The molecule has 5 rings (SSSR count). The number of hydrogen-bond donors (Lipinski definition) is 0. The summed E-state index contributed by atoms with van der Waals surface area (Å²) < 4.78 is 19.0. The Morgan fingerprint density at radius 3 is 2.39 bits per heavy atom. The molecule has 0 N–H and O–H groups in total. The van der Waals surface area contributed by atoms with Gasteiger partial charge in [-0.15, -0.1) is 0 Å². The third kappa shape index (κ3) is 7.32. The van der Waals surface area contributed by atoms with E-state index in [1.165, 1.54) is 17.7 Å². The van der Waals surface area contributed by atoms with Crippen LogP contribution < -0.4 is 0 Å². The van der Waals surface area contributed by atoms with Gasteiger partial charge in [0.2, 0.25) is 5.91 Å². The van der Waals surface area contributed by atoms with E-state index in [2.05, 4.69) is 29.2 Å². The highest BCUT2D eigenvalue weighted by atomic mass is 19.1. The number of halogens is 1. The largest absolute Gasteiger partial charge is 0.463 e. The summed E-state index contributed by atoms with van der Waals surface area (Å²) in [6.45, 7) is 7.59. The van der Waals surface area contributed by atoms with Crippen LogP contribution in [-0.2, 0) is 20.9 Å². The smallest absolute Gasteiger partial charge is 0.336 e. The zero-order chi connectivity index (χ0) is 31.1. The molecule has 1 fully saturated rings. The molecule has 8 heteroatoms. The monoisotopic (exact) mass is 595 g/mol. The minimum atomic E-state index is -0.529. The number of ether oxygens (including phenoxy) is 1. The van der Waals surface area contributed by atoms with Gasteiger partial charge in [0, 0.05) is 56.3 Å². The molecule has 0 radical (unpaired) electrons. The van der Waals surface area contributed by atoms with Crippen LogP contribution in [-0.4, -0.2) is 71.8 Å². The lowest BCUT2D eigenvalue weighted by Crippen LogP contribution is -2.48. The number of nitrogens with zero attached hydrogens (tertiary/aromatic N) is 3. The summed E-state index contributed by atoms with van der Waals surface area (Å²) in [4.78, 5) is 45.7. The van der Waals surface area contributed by atoms with Crippen LogP contribution in [0.1, 0.15) is 53.2 Å². The molecule has 0 saturated carbocycles. The summed E-state index contributed by atoms with van der Waals surface area (Å²) in [5.41, 5.74) is 4.10. The standard InChI is InChI=1S/C36H38FN3O4/c1-3-44-36(43)34-26(2)40(33(41)24-32(34)29-14-16-31(37)17-15-29)25-28-11-7-13-30(23-28)35(42)39-21-19-38(20-22-39)18-8-12-27-9-5-4-6-10-27/h4-17,23,32H,3,18-22,24-25H2,1-2H3. The summed E-state index contributed by atoms with van der Waals surface area (Å²) in [5.74, 6) is -1.59. The van der Waals surface area contributed by atoms with E-state index in [0.29, 0.717) is 35.5 Å². The van der Waals surface area contributed by atoms with Crippen molar-refractivity contribution in [2.75, 3.05) is 39.3 Å². The molecule has 2 heterocycles. The Kier molecular flexibility index (Phi) is 10.0.